The topological polar surface area (TPSA) is 107 Å². The van der Waals surface area contributed by atoms with E-state index >= 15 is 0 Å². The zero-order valence-electron chi connectivity index (χ0n) is 16.1. The average Bonchev–Trinajstić information content (AvgIpc) is 2.89. The van der Waals surface area contributed by atoms with Crippen LogP contribution in [0.25, 0.3) is 0 Å². The largest absolute Gasteiger partial charge is 0.355 e. The van der Waals surface area contributed by atoms with Gasteiger partial charge in [-0.2, -0.15) is 0 Å². The second-order valence-corrected chi connectivity index (χ2v) is 7.99. The highest BCUT2D eigenvalue weighted by Gasteiger charge is 2.38. The van der Waals surface area contributed by atoms with Crippen molar-refractivity contribution in [1.82, 2.24) is 10.2 Å². The maximum Gasteiger partial charge on any atom is 0.242 e. The van der Waals surface area contributed by atoms with Gasteiger partial charge in [0, 0.05) is 25.9 Å². The number of Topliss-reactive ketones (excluding diaryl/α,β-unsaturated/α-hetero) is 1. The van der Waals surface area contributed by atoms with E-state index in [1.54, 1.807) is 6.92 Å². The molecule has 7 nitrogen and oxygen atoms in total. The SMILES string of the molecule is CC(=O)CCCCCN1C(=O)CC(SCC(=O)NCCCCCC=N)C1=O. The number of hydrogen-bond donors (Lipinski definition) is 2. The molecule has 1 aliphatic heterocycles. The summed E-state index contributed by atoms with van der Waals surface area (Å²) in [6, 6.07) is 0. The van der Waals surface area contributed by atoms with Crippen molar-refractivity contribution >= 4 is 41.5 Å². The van der Waals surface area contributed by atoms with Gasteiger partial charge in [-0.25, -0.2) is 0 Å². The normalized spacial score (nSPS) is 16.6. The number of imide groups is 1. The summed E-state index contributed by atoms with van der Waals surface area (Å²) in [6.07, 6.45) is 7.98. The van der Waals surface area contributed by atoms with Crippen LogP contribution in [0.15, 0.2) is 0 Å². The minimum absolute atomic E-state index is 0.116. The van der Waals surface area contributed by atoms with Crippen LogP contribution in [-0.2, 0) is 19.2 Å². The van der Waals surface area contributed by atoms with Crippen LogP contribution in [0.3, 0.4) is 0 Å². The Morgan fingerprint density at radius 3 is 2.63 bits per heavy atom. The molecular formula is C19H31N3O4S. The fraction of sp³-hybridized carbons (Fsp3) is 0.737. The molecule has 0 aromatic heterocycles. The minimum atomic E-state index is -0.465. The Labute approximate surface area is 165 Å². The first-order valence-corrected chi connectivity index (χ1v) is 10.7. The number of carbonyl (C=O) groups is 4. The minimum Gasteiger partial charge on any atom is -0.355 e. The van der Waals surface area contributed by atoms with Crippen molar-refractivity contribution in [2.45, 2.75) is 70.0 Å². The van der Waals surface area contributed by atoms with Crippen molar-refractivity contribution in [3.05, 3.63) is 0 Å². The summed E-state index contributed by atoms with van der Waals surface area (Å²) in [5.74, 6) is -0.150. The summed E-state index contributed by atoms with van der Waals surface area (Å²) in [6.45, 7) is 2.56. The molecule has 1 rings (SSSR count). The van der Waals surface area contributed by atoms with Crippen LogP contribution in [0.4, 0.5) is 0 Å². The van der Waals surface area contributed by atoms with E-state index in [1.807, 2.05) is 0 Å². The van der Waals surface area contributed by atoms with Crippen LogP contribution >= 0.6 is 11.8 Å². The maximum atomic E-state index is 12.3. The third kappa shape index (κ3) is 9.70. The first kappa shape index (κ1) is 23.3. The van der Waals surface area contributed by atoms with Gasteiger partial charge in [0.2, 0.25) is 17.7 Å². The summed E-state index contributed by atoms with van der Waals surface area (Å²) in [4.78, 5) is 48.4. The number of rotatable bonds is 15. The van der Waals surface area contributed by atoms with Crippen LogP contribution in [0.1, 0.15) is 64.7 Å². The molecule has 3 amide bonds. The molecule has 0 radical (unpaired) electrons. The van der Waals surface area contributed by atoms with E-state index in [4.69, 9.17) is 5.41 Å². The molecule has 1 unspecified atom stereocenters. The average molecular weight is 398 g/mol. The van der Waals surface area contributed by atoms with Gasteiger partial charge in [0.25, 0.3) is 0 Å². The van der Waals surface area contributed by atoms with Gasteiger partial charge in [0.1, 0.15) is 5.78 Å². The second-order valence-electron chi connectivity index (χ2n) is 6.80. The quantitative estimate of drug-likeness (QED) is 0.250. The van der Waals surface area contributed by atoms with Crippen molar-refractivity contribution in [1.29, 1.82) is 5.41 Å². The molecule has 2 N–H and O–H groups in total. The third-order valence-corrected chi connectivity index (χ3v) is 5.58. The van der Waals surface area contributed by atoms with Gasteiger partial charge in [-0.05, 0) is 45.2 Å². The number of hydrogen-bond acceptors (Lipinski definition) is 6. The molecule has 1 heterocycles. The standard InChI is InChI=1S/C19H31N3O4S/c1-15(23)9-5-4-8-12-22-18(25)13-16(19(22)26)27-14-17(24)21-11-7-3-2-6-10-20/h10,16,20H,2-9,11-14H2,1H3,(H,21,24). The van der Waals surface area contributed by atoms with Crippen LogP contribution in [0.5, 0.6) is 0 Å². The highest BCUT2D eigenvalue weighted by molar-refractivity contribution is 8.01. The van der Waals surface area contributed by atoms with Crippen LogP contribution in [-0.4, -0.2) is 58.7 Å². The third-order valence-electron chi connectivity index (χ3n) is 4.38. The van der Waals surface area contributed by atoms with Crippen LogP contribution < -0.4 is 5.32 Å². The first-order valence-electron chi connectivity index (χ1n) is 9.66. The number of likely N-dealkylation sites (tertiary alicyclic amines) is 1. The summed E-state index contributed by atoms with van der Waals surface area (Å²) in [5, 5.41) is 9.30. The number of thioether (sulfide) groups is 1. The van der Waals surface area contributed by atoms with Gasteiger partial charge in [-0.1, -0.05) is 12.8 Å². The molecule has 0 aliphatic carbocycles. The summed E-state index contributed by atoms with van der Waals surface area (Å²) >= 11 is 1.23. The molecule has 1 atom stereocenters. The van der Waals surface area contributed by atoms with E-state index in [2.05, 4.69) is 5.32 Å². The zero-order valence-corrected chi connectivity index (χ0v) is 16.9. The molecular weight excluding hydrogens is 366 g/mol. The van der Waals surface area contributed by atoms with Crippen molar-refractivity contribution < 1.29 is 19.2 Å². The predicted molar refractivity (Wildman–Crippen MR) is 107 cm³/mol. The number of nitrogens with zero attached hydrogens (tertiary/aromatic N) is 1. The maximum absolute atomic E-state index is 12.3. The second kappa shape index (κ2) is 13.5. The Balaban J connectivity index is 2.19. The Hall–Kier alpha value is -1.70. The van der Waals surface area contributed by atoms with E-state index in [9.17, 15) is 19.2 Å². The number of ketones is 1. The molecule has 1 fully saturated rings. The molecule has 152 valence electrons. The summed E-state index contributed by atoms with van der Waals surface area (Å²) in [7, 11) is 0. The molecule has 0 bridgehead atoms. The molecule has 1 saturated heterocycles. The lowest BCUT2D eigenvalue weighted by molar-refractivity contribution is -0.138. The molecule has 1 aliphatic rings. The monoisotopic (exact) mass is 397 g/mol. The van der Waals surface area contributed by atoms with Gasteiger partial charge in [0.15, 0.2) is 0 Å². The van der Waals surface area contributed by atoms with Crippen LogP contribution in [0.2, 0.25) is 0 Å². The highest BCUT2D eigenvalue weighted by atomic mass is 32.2. The van der Waals surface area contributed by atoms with Gasteiger partial charge in [0.05, 0.1) is 11.0 Å². The van der Waals surface area contributed by atoms with E-state index < -0.39 is 5.25 Å². The molecule has 0 aromatic rings. The molecule has 0 saturated carbocycles. The van der Waals surface area contributed by atoms with Crippen LogP contribution in [0, 0.1) is 5.41 Å². The first-order chi connectivity index (χ1) is 13.0. The number of unbranched alkanes of at least 4 members (excludes halogenated alkanes) is 5. The highest BCUT2D eigenvalue weighted by Crippen LogP contribution is 2.25. The molecule has 8 heteroatoms. The molecule has 0 spiro atoms. The zero-order chi connectivity index (χ0) is 20.1. The van der Waals surface area contributed by atoms with E-state index in [-0.39, 0.29) is 35.7 Å². The van der Waals surface area contributed by atoms with Crippen molar-refractivity contribution in [2.75, 3.05) is 18.8 Å². The Bertz CT molecular complexity index is 539. The lowest BCUT2D eigenvalue weighted by atomic mass is 10.1. The fourth-order valence-electron chi connectivity index (χ4n) is 2.84. The Morgan fingerprint density at radius 2 is 1.93 bits per heavy atom. The van der Waals surface area contributed by atoms with Crippen molar-refractivity contribution in [3.8, 4) is 0 Å². The van der Waals surface area contributed by atoms with E-state index in [0.717, 1.165) is 38.5 Å². The fourth-order valence-corrected chi connectivity index (χ4v) is 3.83. The number of carbonyl (C=O) groups excluding carboxylic acids is 4. The van der Waals surface area contributed by atoms with Crippen molar-refractivity contribution in [3.63, 3.8) is 0 Å². The van der Waals surface area contributed by atoms with Gasteiger partial charge in [-0.3, -0.25) is 19.3 Å². The summed E-state index contributed by atoms with van der Waals surface area (Å²) < 4.78 is 0. The van der Waals surface area contributed by atoms with Gasteiger partial charge < -0.3 is 15.5 Å². The lowest BCUT2D eigenvalue weighted by Gasteiger charge is -2.14. The predicted octanol–water partition coefficient (Wildman–Crippen LogP) is 2.32. The molecule has 27 heavy (non-hydrogen) atoms. The Morgan fingerprint density at radius 1 is 1.19 bits per heavy atom. The summed E-state index contributed by atoms with van der Waals surface area (Å²) in [5.41, 5.74) is 0. The van der Waals surface area contributed by atoms with E-state index in [1.165, 1.54) is 22.9 Å². The lowest BCUT2D eigenvalue weighted by Crippen LogP contribution is -2.33. The van der Waals surface area contributed by atoms with Gasteiger partial charge in [-0.15, -0.1) is 11.8 Å². The number of nitrogens with one attached hydrogen (secondary N) is 2. The number of amides is 3. The van der Waals surface area contributed by atoms with Gasteiger partial charge >= 0.3 is 0 Å². The molecule has 0 aromatic carbocycles. The Kier molecular flexibility index (Phi) is 11.6. The van der Waals surface area contributed by atoms with E-state index in [0.29, 0.717) is 25.9 Å². The smallest absolute Gasteiger partial charge is 0.242 e. The van der Waals surface area contributed by atoms with Crippen molar-refractivity contribution in [2.24, 2.45) is 0 Å².